The second kappa shape index (κ2) is 5.59. The number of nitrogens with one attached hydrogen (secondary N) is 2. The van der Waals surface area contributed by atoms with Gasteiger partial charge in [0.25, 0.3) is 0 Å². The molecule has 0 aliphatic rings. The van der Waals surface area contributed by atoms with Crippen LogP contribution in [-0.2, 0) is 0 Å². The zero-order valence-corrected chi connectivity index (χ0v) is 12.0. The molecule has 0 atom stereocenters. The lowest BCUT2D eigenvalue weighted by atomic mass is 10.1. The van der Waals surface area contributed by atoms with Gasteiger partial charge in [-0.2, -0.15) is 13.9 Å². The van der Waals surface area contributed by atoms with Crippen LogP contribution in [0.4, 0.5) is 20.3 Å². The number of fused-ring (bicyclic) bond motifs is 1. The minimum absolute atomic E-state index is 0.0289. The van der Waals surface area contributed by atoms with E-state index in [9.17, 15) is 8.78 Å². The Morgan fingerprint density at radius 3 is 2.77 bits per heavy atom. The molecule has 7 heteroatoms. The Kier molecular flexibility index (Phi) is 3.62. The highest BCUT2D eigenvalue weighted by atomic mass is 19.3. The fraction of sp³-hybridized carbons (Fsp3) is 0.200. The second-order valence-electron chi connectivity index (χ2n) is 4.87. The number of rotatable bonds is 4. The zero-order valence-electron chi connectivity index (χ0n) is 12.0. The molecule has 2 heterocycles. The van der Waals surface area contributed by atoms with Crippen molar-refractivity contribution in [1.29, 1.82) is 0 Å². The molecule has 0 aliphatic heterocycles. The summed E-state index contributed by atoms with van der Waals surface area (Å²) in [6, 6.07) is 6.83. The first-order chi connectivity index (χ1) is 10.5. The first-order valence-corrected chi connectivity index (χ1v) is 6.67. The maximum absolute atomic E-state index is 12.6. The molecule has 0 bridgehead atoms. The van der Waals surface area contributed by atoms with Gasteiger partial charge in [0.05, 0.1) is 11.2 Å². The molecule has 3 rings (SSSR count). The minimum atomic E-state index is -2.91. The molecule has 0 aliphatic carbocycles. The molecule has 0 amide bonds. The highest BCUT2D eigenvalue weighted by Gasteiger charge is 2.14. The number of aromatic nitrogens is 3. The van der Waals surface area contributed by atoms with Gasteiger partial charge in [-0.15, -0.1) is 0 Å². The van der Waals surface area contributed by atoms with Crippen molar-refractivity contribution in [1.82, 2.24) is 15.2 Å². The van der Waals surface area contributed by atoms with E-state index in [1.807, 2.05) is 19.9 Å². The van der Waals surface area contributed by atoms with Crippen molar-refractivity contribution in [3.63, 3.8) is 0 Å². The molecule has 0 fully saturated rings. The largest absolute Gasteiger partial charge is 0.433 e. The standard InChI is InChI=1S/C15H14F2N4O/c1-8-9(2)20-21-14(8)19-12-6-10-4-3-5-18-11(10)7-13(12)22-15(16)17/h3-7,15H,1-2H3,(H2,19,20,21). The van der Waals surface area contributed by atoms with Crippen molar-refractivity contribution >= 4 is 22.4 Å². The summed E-state index contributed by atoms with van der Waals surface area (Å²) in [5.41, 5.74) is 2.81. The third-order valence-electron chi connectivity index (χ3n) is 3.43. The van der Waals surface area contributed by atoms with Gasteiger partial charge in [0.1, 0.15) is 0 Å². The number of aromatic amines is 1. The summed E-state index contributed by atoms with van der Waals surface area (Å²) in [6.07, 6.45) is 1.60. The van der Waals surface area contributed by atoms with E-state index in [1.165, 1.54) is 6.07 Å². The smallest absolute Gasteiger partial charge is 0.387 e. The van der Waals surface area contributed by atoms with Gasteiger partial charge >= 0.3 is 6.61 Å². The summed E-state index contributed by atoms with van der Waals surface area (Å²) in [5, 5.41) is 10.8. The van der Waals surface area contributed by atoms with Gasteiger partial charge in [-0.25, -0.2) is 0 Å². The molecule has 5 nitrogen and oxygen atoms in total. The molecule has 0 spiro atoms. The number of nitrogens with zero attached hydrogens (tertiary/aromatic N) is 2. The summed E-state index contributed by atoms with van der Waals surface area (Å²) in [5.74, 6) is 0.598. The number of pyridine rings is 1. The van der Waals surface area contributed by atoms with Gasteiger partial charge in [0.2, 0.25) is 0 Å². The number of aryl methyl sites for hydroxylation is 1. The second-order valence-corrected chi connectivity index (χ2v) is 4.87. The van der Waals surface area contributed by atoms with Crippen LogP contribution in [0.3, 0.4) is 0 Å². The summed E-state index contributed by atoms with van der Waals surface area (Å²) in [6.45, 7) is 0.856. The van der Waals surface area contributed by atoms with Crippen LogP contribution in [-0.4, -0.2) is 21.8 Å². The van der Waals surface area contributed by atoms with Crippen LogP contribution in [0.15, 0.2) is 30.5 Å². The zero-order chi connectivity index (χ0) is 15.7. The Bertz CT molecular complexity index is 816. The fourth-order valence-corrected chi connectivity index (χ4v) is 2.13. The first-order valence-electron chi connectivity index (χ1n) is 6.67. The van der Waals surface area contributed by atoms with Crippen LogP contribution in [0.25, 0.3) is 10.9 Å². The molecule has 0 unspecified atom stereocenters. The van der Waals surface area contributed by atoms with Crippen molar-refractivity contribution in [2.75, 3.05) is 5.32 Å². The maximum Gasteiger partial charge on any atom is 0.387 e. The van der Waals surface area contributed by atoms with Gasteiger partial charge in [-0.3, -0.25) is 10.1 Å². The number of H-pyrrole nitrogens is 1. The third-order valence-corrected chi connectivity index (χ3v) is 3.43. The molecule has 2 N–H and O–H groups in total. The van der Waals surface area contributed by atoms with Gasteiger partial charge in [-0.1, -0.05) is 6.07 Å². The van der Waals surface area contributed by atoms with Crippen LogP contribution < -0.4 is 10.1 Å². The van der Waals surface area contributed by atoms with E-state index >= 15 is 0 Å². The lowest BCUT2D eigenvalue weighted by Crippen LogP contribution is -2.05. The van der Waals surface area contributed by atoms with Crippen molar-refractivity contribution in [3.8, 4) is 5.75 Å². The van der Waals surface area contributed by atoms with E-state index in [0.717, 1.165) is 16.6 Å². The highest BCUT2D eigenvalue weighted by molar-refractivity contribution is 5.87. The van der Waals surface area contributed by atoms with Crippen LogP contribution in [0, 0.1) is 13.8 Å². The Balaban J connectivity index is 2.07. The first kappa shape index (κ1) is 14.2. The van der Waals surface area contributed by atoms with E-state index in [-0.39, 0.29) is 5.75 Å². The fourth-order valence-electron chi connectivity index (χ4n) is 2.13. The van der Waals surface area contributed by atoms with Gasteiger partial charge in [0, 0.05) is 28.9 Å². The summed E-state index contributed by atoms with van der Waals surface area (Å²) >= 11 is 0. The number of anilines is 2. The Labute approximate surface area is 125 Å². The number of halogens is 2. The Morgan fingerprint density at radius 2 is 2.09 bits per heavy atom. The normalized spacial score (nSPS) is 11.1. The molecule has 114 valence electrons. The predicted molar refractivity (Wildman–Crippen MR) is 79.7 cm³/mol. The molecular weight excluding hydrogens is 290 g/mol. The van der Waals surface area contributed by atoms with Crippen LogP contribution >= 0.6 is 0 Å². The number of ether oxygens (including phenoxy) is 1. The Morgan fingerprint density at radius 1 is 1.27 bits per heavy atom. The summed E-state index contributed by atoms with van der Waals surface area (Å²) in [4.78, 5) is 4.14. The van der Waals surface area contributed by atoms with E-state index in [4.69, 9.17) is 0 Å². The van der Waals surface area contributed by atoms with E-state index < -0.39 is 6.61 Å². The predicted octanol–water partition coefficient (Wildman–Crippen LogP) is 3.92. The third kappa shape index (κ3) is 2.69. The number of alkyl halides is 2. The van der Waals surface area contributed by atoms with Gasteiger partial charge in [-0.05, 0) is 26.0 Å². The average Bonchev–Trinajstić information content (AvgIpc) is 2.79. The molecule has 22 heavy (non-hydrogen) atoms. The van der Waals surface area contributed by atoms with Crippen LogP contribution in [0.2, 0.25) is 0 Å². The van der Waals surface area contributed by atoms with Crippen LogP contribution in [0.5, 0.6) is 5.75 Å². The molecule has 0 radical (unpaired) electrons. The summed E-state index contributed by atoms with van der Waals surface area (Å²) in [7, 11) is 0. The minimum Gasteiger partial charge on any atom is -0.433 e. The maximum atomic E-state index is 12.6. The molecular formula is C15H14F2N4O. The number of benzene rings is 1. The quantitative estimate of drug-likeness (QED) is 0.767. The molecule has 2 aromatic heterocycles. The van der Waals surface area contributed by atoms with Gasteiger partial charge < -0.3 is 10.1 Å². The molecule has 3 aromatic rings. The highest BCUT2D eigenvalue weighted by Crippen LogP contribution is 2.33. The summed E-state index contributed by atoms with van der Waals surface area (Å²) < 4.78 is 29.9. The Hall–Kier alpha value is -2.70. The van der Waals surface area contributed by atoms with Crippen LogP contribution in [0.1, 0.15) is 11.3 Å². The van der Waals surface area contributed by atoms with Crippen molar-refractivity contribution in [3.05, 3.63) is 41.7 Å². The van der Waals surface area contributed by atoms with Gasteiger partial charge in [0.15, 0.2) is 11.6 Å². The number of hydrogen-bond acceptors (Lipinski definition) is 4. The number of hydrogen-bond donors (Lipinski definition) is 2. The SMILES string of the molecule is Cc1[nH]nc(Nc2cc3cccnc3cc2OC(F)F)c1C. The van der Waals surface area contributed by atoms with E-state index in [2.05, 4.69) is 25.2 Å². The lowest BCUT2D eigenvalue weighted by molar-refractivity contribution is -0.0492. The molecule has 0 saturated carbocycles. The monoisotopic (exact) mass is 304 g/mol. The van der Waals surface area contributed by atoms with Crippen molar-refractivity contribution in [2.24, 2.45) is 0 Å². The molecule has 0 saturated heterocycles. The topological polar surface area (TPSA) is 62.8 Å². The van der Waals surface area contributed by atoms with Crippen molar-refractivity contribution < 1.29 is 13.5 Å². The van der Waals surface area contributed by atoms with E-state index in [0.29, 0.717) is 17.0 Å². The lowest BCUT2D eigenvalue weighted by Gasteiger charge is -2.13. The molecule has 1 aromatic carbocycles. The van der Waals surface area contributed by atoms with E-state index in [1.54, 1.807) is 18.3 Å². The van der Waals surface area contributed by atoms with Crippen molar-refractivity contribution in [2.45, 2.75) is 20.5 Å². The average molecular weight is 304 g/mol.